The van der Waals surface area contributed by atoms with Crippen molar-refractivity contribution in [3.8, 4) is 0 Å². The minimum absolute atomic E-state index is 0.209. The van der Waals surface area contributed by atoms with Crippen molar-refractivity contribution in [3.05, 3.63) is 30.1 Å². The third kappa shape index (κ3) is 4.01. The molecular formula is C17H25FN2O3. The van der Waals surface area contributed by atoms with E-state index in [0.717, 1.165) is 38.2 Å². The van der Waals surface area contributed by atoms with E-state index in [2.05, 4.69) is 4.90 Å². The van der Waals surface area contributed by atoms with Crippen LogP contribution in [0.4, 0.5) is 10.1 Å². The standard InChI is InChI=1S/C17H25FN2O3/c18-13-2-1-3-14(8-13)20-6-4-12(5-7-20)9-19-10-15(21)17(23)16(22)11-19/h1-3,8,12,15-17,21-23H,4-7,9-11H2/t15-,16+,17?. The van der Waals surface area contributed by atoms with Crippen LogP contribution >= 0.6 is 0 Å². The van der Waals surface area contributed by atoms with Crippen molar-refractivity contribution in [2.24, 2.45) is 5.92 Å². The van der Waals surface area contributed by atoms with Crippen molar-refractivity contribution >= 4 is 5.69 Å². The van der Waals surface area contributed by atoms with E-state index in [1.807, 2.05) is 11.0 Å². The maximum absolute atomic E-state index is 13.3. The van der Waals surface area contributed by atoms with Crippen LogP contribution in [0.25, 0.3) is 0 Å². The molecule has 6 heteroatoms. The topological polar surface area (TPSA) is 67.2 Å². The lowest BCUT2D eigenvalue weighted by molar-refractivity contribution is -0.112. The summed E-state index contributed by atoms with van der Waals surface area (Å²) in [5.74, 6) is 0.286. The second-order valence-electron chi connectivity index (χ2n) is 6.75. The highest BCUT2D eigenvalue weighted by Crippen LogP contribution is 2.25. The minimum atomic E-state index is -1.04. The van der Waals surface area contributed by atoms with Crippen LogP contribution in [-0.4, -0.2) is 71.3 Å². The third-order valence-corrected chi connectivity index (χ3v) is 4.98. The van der Waals surface area contributed by atoms with E-state index in [1.165, 1.54) is 6.07 Å². The molecule has 1 unspecified atom stereocenters. The van der Waals surface area contributed by atoms with E-state index in [4.69, 9.17) is 0 Å². The van der Waals surface area contributed by atoms with Crippen LogP contribution < -0.4 is 4.90 Å². The maximum Gasteiger partial charge on any atom is 0.125 e. The molecule has 2 fully saturated rings. The van der Waals surface area contributed by atoms with E-state index in [0.29, 0.717) is 19.0 Å². The SMILES string of the molecule is OC1[C@H](O)CN(CC2CCN(c3cccc(F)c3)CC2)C[C@@H]1O. The number of hydrogen-bond acceptors (Lipinski definition) is 5. The number of benzene rings is 1. The molecule has 0 aromatic heterocycles. The summed E-state index contributed by atoms with van der Waals surface area (Å²) in [7, 11) is 0. The number of rotatable bonds is 3. The van der Waals surface area contributed by atoms with Gasteiger partial charge in [0.25, 0.3) is 0 Å². The molecule has 1 aromatic carbocycles. The van der Waals surface area contributed by atoms with E-state index >= 15 is 0 Å². The Labute approximate surface area is 136 Å². The van der Waals surface area contributed by atoms with Crippen molar-refractivity contribution in [3.63, 3.8) is 0 Å². The van der Waals surface area contributed by atoms with E-state index < -0.39 is 18.3 Å². The largest absolute Gasteiger partial charge is 0.389 e. The second kappa shape index (κ2) is 7.13. The van der Waals surface area contributed by atoms with E-state index in [1.54, 1.807) is 12.1 Å². The van der Waals surface area contributed by atoms with Gasteiger partial charge in [-0.05, 0) is 37.0 Å². The van der Waals surface area contributed by atoms with Crippen molar-refractivity contribution in [1.82, 2.24) is 4.90 Å². The van der Waals surface area contributed by atoms with Crippen LogP contribution in [0.5, 0.6) is 0 Å². The van der Waals surface area contributed by atoms with Crippen LogP contribution in [0.1, 0.15) is 12.8 Å². The first-order valence-electron chi connectivity index (χ1n) is 8.30. The van der Waals surface area contributed by atoms with E-state index in [9.17, 15) is 19.7 Å². The lowest BCUT2D eigenvalue weighted by Gasteiger charge is -2.40. The van der Waals surface area contributed by atoms with Crippen LogP contribution in [0.15, 0.2) is 24.3 Å². The molecule has 5 nitrogen and oxygen atoms in total. The Morgan fingerprint density at radius 3 is 2.30 bits per heavy atom. The zero-order valence-electron chi connectivity index (χ0n) is 13.2. The van der Waals surface area contributed by atoms with Gasteiger partial charge in [0.05, 0.1) is 12.2 Å². The Balaban J connectivity index is 1.50. The smallest absolute Gasteiger partial charge is 0.125 e. The average Bonchev–Trinajstić information content (AvgIpc) is 2.53. The summed E-state index contributed by atoms with van der Waals surface area (Å²) in [4.78, 5) is 4.23. The van der Waals surface area contributed by atoms with E-state index in [-0.39, 0.29) is 5.82 Å². The summed E-state index contributed by atoms with van der Waals surface area (Å²) in [6.07, 6.45) is -0.804. The predicted octanol–water partition coefficient (Wildman–Crippen LogP) is 0.440. The molecule has 2 aliphatic heterocycles. The molecule has 0 radical (unpaired) electrons. The third-order valence-electron chi connectivity index (χ3n) is 4.98. The molecule has 2 aliphatic rings. The normalized spacial score (nSPS) is 30.6. The fraction of sp³-hybridized carbons (Fsp3) is 0.647. The number of halogens is 1. The Morgan fingerprint density at radius 1 is 1.04 bits per heavy atom. The van der Waals surface area contributed by atoms with Gasteiger partial charge < -0.3 is 20.2 Å². The van der Waals surface area contributed by atoms with Crippen molar-refractivity contribution < 1.29 is 19.7 Å². The molecule has 3 rings (SSSR count). The molecule has 0 bridgehead atoms. The van der Waals surface area contributed by atoms with Crippen LogP contribution in [0.3, 0.4) is 0 Å². The first-order valence-corrected chi connectivity index (χ1v) is 8.30. The molecule has 0 spiro atoms. The Morgan fingerprint density at radius 2 is 1.70 bits per heavy atom. The fourth-order valence-electron chi connectivity index (χ4n) is 3.64. The van der Waals surface area contributed by atoms with Gasteiger partial charge in [-0.2, -0.15) is 0 Å². The van der Waals surface area contributed by atoms with Crippen LogP contribution in [-0.2, 0) is 0 Å². The predicted molar refractivity (Wildman–Crippen MR) is 85.8 cm³/mol. The monoisotopic (exact) mass is 324 g/mol. The van der Waals surface area contributed by atoms with Gasteiger partial charge in [0.2, 0.25) is 0 Å². The molecule has 2 saturated heterocycles. The molecule has 3 N–H and O–H groups in total. The first kappa shape index (κ1) is 16.6. The lowest BCUT2D eigenvalue weighted by Crippen LogP contribution is -2.56. The summed E-state index contributed by atoms with van der Waals surface area (Å²) in [6.45, 7) is 3.40. The number of likely N-dealkylation sites (tertiary alicyclic amines) is 1. The van der Waals surface area contributed by atoms with Crippen LogP contribution in [0, 0.1) is 11.7 Å². The van der Waals surface area contributed by atoms with Gasteiger partial charge in [-0.3, -0.25) is 4.90 Å². The zero-order valence-corrected chi connectivity index (χ0v) is 13.2. The Bertz CT molecular complexity index is 510. The summed E-state index contributed by atoms with van der Waals surface area (Å²) in [6, 6.07) is 6.69. The highest BCUT2D eigenvalue weighted by atomic mass is 19.1. The van der Waals surface area contributed by atoms with Gasteiger partial charge in [0.1, 0.15) is 11.9 Å². The molecule has 23 heavy (non-hydrogen) atoms. The second-order valence-corrected chi connectivity index (χ2v) is 6.75. The highest BCUT2D eigenvalue weighted by Gasteiger charge is 2.34. The Kier molecular flexibility index (Phi) is 5.16. The summed E-state index contributed by atoms with van der Waals surface area (Å²) in [5.41, 5.74) is 0.926. The van der Waals surface area contributed by atoms with Crippen molar-refractivity contribution in [1.29, 1.82) is 0 Å². The molecule has 0 aliphatic carbocycles. The number of hydrogen-bond donors (Lipinski definition) is 3. The zero-order chi connectivity index (χ0) is 16.4. The molecule has 0 amide bonds. The minimum Gasteiger partial charge on any atom is -0.389 e. The van der Waals surface area contributed by atoms with Crippen molar-refractivity contribution in [2.45, 2.75) is 31.2 Å². The first-order chi connectivity index (χ1) is 11.0. The van der Waals surface area contributed by atoms with Gasteiger partial charge in [-0.1, -0.05) is 6.07 Å². The lowest BCUT2D eigenvalue weighted by atomic mass is 9.93. The summed E-state index contributed by atoms with van der Waals surface area (Å²) in [5, 5.41) is 29.1. The fourth-order valence-corrected chi connectivity index (χ4v) is 3.64. The summed E-state index contributed by atoms with van der Waals surface area (Å²) < 4.78 is 13.3. The molecule has 128 valence electrons. The molecular weight excluding hydrogens is 299 g/mol. The molecule has 2 heterocycles. The number of aliphatic hydroxyl groups is 3. The van der Waals surface area contributed by atoms with Gasteiger partial charge >= 0.3 is 0 Å². The van der Waals surface area contributed by atoms with Gasteiger partial charge in [-0.15, -0.1) is 0 Å². The summed E-state index contributed by atoms with van der Waals surface area (Å²) >= 11 is 0. The molecule has 0 saturated carbocycles. The average molecular weight is 324 g/mol. The van der Waals surface area contributed by atoms with Crippen LogP contribution in [0.2, 0.25) is 0 Å². The molecule has 3 atom stereocenters. The quantitative estimate of drug-likeness (QED) is 0.753. The van der Waals surface area contributed by atoms with Gasteiger partial charge in [0, 0.05) is 38.4 Å². The molecule has 1 aromatic rings. The number of aliphatic hydroxyl groups excluding tert-OH is 3. The van der Waals surface area contributed by atoms with Crippen molar-refractivity contribution in [2.75, 3.05) is 37.6 Å². The maximum atomic E-state index is 13.3. The number of β-amino-alcohol motifs (C(OH)–C–C–N with tert-alkyl or cyclic N) is 2. The Hall–Kier alpha value is -1.21. The number of nitrogens with zero attached hydrogens (tertiary/aromatic N) is 2. The highest BCUT2D eigenvalue weighted by molar-refractivity contribution is 5.46. The van der Waals surface area contributed by atoms with Gasteiger partial charge in [-0.25, -0.2) is 4.39 Å². The number of anilines is 1. The van der Waals surface area contributed by atoms with Gasteiger partial charge in [0.15, 0.2) is 0 Å². The number of piperidine rings is 2.